The molecule has 4 nitrogen and oxygen atoms in total. The number of hydrogen-bond acceptors (Lipinski definition) is 2. The van der Waals surface area contributed by atoms with E-state index in [4.69, 9.17) is 0 Å². The van der Waals surface area contributed by atoms with Crippen molar-refractivity contribution in [2.24, 2.45) is 5.92 Å². The van der Waals surface area contributed by atoms with Crippen LogP contribution in [0.5, 0.6) is 0 Å². The Kier molecular flexibility index (Phi) is 4.98. The van der Waals surface area contributed by atoms with Gasteiger partial charge in [-0.05, 0) is 35.4 Å². The van der Waals surface area contributed by atoms with E-state index < -0.39 is 0 Å². The number of carbonyl (C=O) groups excluding carboxylic acids is 1. The van der Waals surface area contributed by atoms with E-state index in [1.54, 1.807) is 6.07 Å². The van der Waals surface area contributed by atoms with Crippen LogP contribution in [0.4, 0.5) is 5.69 Å². The molecule has 4 heteroatoms. The second kappa shape index (κ2) is 7.03. The molecule has 0 radical (unpaired) electrons. The molecule has 2 N–H and O–H groups in total. The van der Waals surface area contributed by atoms with Crippen molar-refractivity contribution in [2.45, 2.75) is 64.7 Å². The lowest BCUT2D eigenvalue weighted by Crippen LogP contribution is -2.17. The van der Waals surface area contributed by atoms with Gasteiger partial charge in [-0.15, -0.1) is 0 Å². The molecule has 1 aromatic carbocycles. The van der Waals surface area contributed by atoms with Crippen molar-refractivity contribution in [3.8, 4) is 0 Å². The van der Waals surface area contributed by atoms with Crippen molar-refractivity contribution in [2.75, 3.05) is 5.32 Å². The number of rotatable bonds is 4. The fourth-order valence-corrected chi connectivity index (χ4v) is 3.82. The minimum absolute atomic E-state index is 0.0561. The standard InChI is InChI=1S/C21H28N2O2/c1-21(2,3)17-13-20(25)23-18-12-15(9-10-16(17)18)22-19(24)11-8-14-6-4-5-7-14/h9-10,12-14H,4-8,11H2,1-3H3,(H,22,24)(H,23,25). The van der Waals surface area contributed by atoms with Crippen LogP contribution < -0.4 is 10.9 Å². The normalized spacial score (nSPS) is 15.6. The second-order valence-corrected chi connectivity index (χ2v) is 8.29. The Morgan fingerprint density at radius 2 is 1.92 bits per heavy atom. The lowest BCUT2D eigenvalue weighted by Gasteiger charge is -2.21. The topological polar surface area (TPSA) is 62.0 Å². The first-order valence-corrected chi connectivity index (χ1v) is 9.30. The summed E-state index contributed by atoms with van der Waals surface area (Å²) in [6.07, 6.45) is 6.69. The molecule has 25 heavy (non-hydrogen) atoms. The second-order valence-electron chi connectivity index (χ2n) is 8.29. The van der Waals surface area contributed by atoms with Crippen LogP contribution in [0.25, 0.3) is 10.9 Å². The summed E-state index contributed by atoms with van der Waals surface area (Å²) in [4.78, 5) is 27.1. The van der Waals surface area contributed by atoms with Crippen molar-refractivity contribution >= 4 is 22.5 Å². The van der Waals surface area contributed by atoms with E-state index in [1.807, 2.05) is 18.2 Å². The Hall–Kier alpha value is -2.10. The van der Waals surface area contributed by atoms with Crippen LogP contribution in [0.1, 0.15) is 64.9 Å². The predicted molar refractivity (Wildman–Crippen MR) is 103 cm³/mol. The average Bonchev–Trinajstić information content (AvgIpc) is 3.04. The van der Waals surface area contributed by atoms with Crippen LogP contribution in [0.3, 0.4) is 0 Å². The molecule has 1 aromatic heterocycles. The van der Waals surface area contributed by atoms with Gasteiger partial charge in [0, 0.05) is 23.6 Å². The molecular weight excluding hydrogens is 312 g/mol. The molecule has 2 aromatic rings. The number of pyridine rings is 1. The van der Waals surface area contributed by atoms with Crippen molar-refractivity contribution in [3.05, 3.63) is 40.2 Å². The summed E-state index contributed by atoms with van der Waals surface area (Å²) in [7, 11) is 0. The number of hydrogen-bond donors (Lipinski definition) is 2. The maximum atomic E-state index is 12.2. The molecule has 0 atom stereocenters. The Morgan fingerprint density at radius 1 is 1.20 bits per heavy atom. The molecule has 1 amide bonds. The van der Waals surface area contributed by atoms with E-state index in [2.05, 4.69) is 31.1 Å². The smallest absolute Gasteiger partial charge is 0.248 e. The van der Waals surface area contributed by atoms with Crippen molar-refractivity contribution in [3.63, 3.8) is 0 Å². The van der Waals surface area contributed by atoms with E-state index in [1.165, 1.54) is 25.7 Å². The summed E-state index contributed by atoms with van der Waals surface area (Å²) in [6.45, 7) is 6.29. The van der Waals surface area contributed by atoms with Crippen molar-refractivity contribution in [1.82, 2.24) is 4.98 Å². The van der Waals surface area contributed by atoms with Crippen LogP contribution in [0.2, 0.25) is 0 Å². The van der Waals surface area contributed by atoms with Gasteiger partial charge in [-0.3, -0.25) is 9.59 Å². The minimum Gasteiger partial charge on any atom is -0.326 e. The van der Waals surface area contributed by atoms with Gasteiger partial charge in [0.1, 0.15) is 0 Å². The van der Waals surface area contributed by atoms with E-state index >= 15 is 0 Å². The van der Waals surface area contributed by atoms with Gasteiger partial charge in [-0.25, -0.2) is 0 Å². The largest absolute Gasteiger partial charge is 0.326 e. The zero-order valence-corrected chi connectivity index (χ0v) is 15.4. The Bertz CT molecular complexity index is 824. The third-order valence-corrected chi connectivity index (χ3v) is 5.19. The van der Waals surface area contributed by atoms with Gasteiger partial charge in [0.2, 0.25) is 11.5 Å². The van der Waals surface area contributed by atoms with Gasteiger partial charge < -0.3 is 10.3 Å². The SMILES string of the molecule is CC(C)(C)c1cc(=O)[nH]c2cc(NC(=O)CCC3CCCC3)ccc12. The third kappa shape index (κ3) is 4.30. The molecule has 1 heterocycles. The fraction of sp³-hybridized carbons (Fsp3) is 0.524. The molecule has 0 saturated heterocycles. The summed E-state index contributed by atoms with van der Waals surface area (Å²) < 4.78 is 0. The molecule has 1 saturated carbocycles. The quantitative estimate of drug-likeness (QED) is 0.845. The Morgan fingerprint density at radius 3 is 2.60 bits per heavy atom. The minimum atomic E-state index is -0.113. The molecule has 0 bridgehead atoms. The number of carbonyl (C=O) groups is 1. The fourth-order valence-electron chi connectivity index (χ4n) is 3.82. The van der Waals surface area contributed by atoms with Gasteiger partial charge in [0.15, 0.2) is 0 Å². The highest BCUT2D eigenvalue weighted by atomic mass is 16.1. The molecule has 0 aliphatic heterocycles. The average molecular weight is 340 g/mol. The maximum absolute atomic E-state index is 12.2. The number of anilines is 1. The van der Waals surface area contributed by atoms with Gasteiger partial charge in [-0.1, -0.05) is 52.5 Å². The number of nitrogens with one attached hydrogen (secondary N) is 2. The first-order chi connectivity index (χ1) is 11.8. The van der Waals surface area contributed by atoms with Crippen LogP contribution in [-0.4, -0.2) is 10.9 Å². The van der Waals surface area contributed by atoms with Crippen molar-refractivity contribution in [1.29, 1.82) is 0 Å². The number of aromatic nitrogens is 1. The molecule has 1 fully saturated rings. The highest BCUT2D eigenvalue weighted by molar-refractivity contribution is 5.94. The highest BCUT2D eigenvalue weighted by Crippen LogP contribution is 2.30. The summed E-state index contributed by atoms with van der Waals surface area (Å²) in [5, 5.41) is 4.00. The van der Waals surface area contributed by atoms with E-state index in [-0.39, 0.29) is 16.9 Å². The highest BCUT2D eigenvalue weighted by Gasteiger charge is 2.19. The summed E-state index contributed by atoms with van der Waals surface area (Å²) >= 11 is 0. The monoisotopic (exact) mass is 340 g/mol. The Labute approximate surface area is 149 Å². The molecule has 1 aliphatic carbocycles. The number of fused-ring (bicyclic) bond motifs is 1. The van der Waals surface area contributed by atoms with E-state index in [0.29, 0.717) is 12.3 Å². The molecule has 3 rings (SSSR count). The molecular formula is C21H28N2O2. The molecule has 1 aliphatic rings. The summed E-state index contributed by atoms with van der Waals surface area (Å²) in [5.41, 5.74) is 2.31. The number of aromatic amines is 1. The van der Waals surface area contributed by atoms with Gasteiger partial charge >= 0.3 is 0 Å². The zero-order valence-electron chi connectivity index (χ0n) is 15.4. The van der Waals surface area contributed by atoms with Crippen LogP contribution in [0.15, 0.2) is 29.1 Å². The maximum Gasteiger partial charge on any atom is 0.248 e. The number of benzene rings is 1. The van der Waals surface area contributed by atoms with Gasteiger partial charge in [0.25, 0.3) is 0 Å². The number of amides is 1. The van der Waals surface area contributed by atoms with Crippen LogP contribution in [-0.2, 0) is 10.2 Å². The molecule has 0 spiro atoms. The lowest BCUT2D eigenvalue weighted by atomic mass is 9.85. The van der Waals surface area contributed by atoms with Crippen molar-refractivity contribution < 1.29 is 4.79 Å². The Balaban J connectivity index is 1.76. The zero-order chi connectivity index (χ0) is 18.0. The molecule has 0 unspecified atom stereocenters. The first-order valence-electron chi connectivity index (χ1n) is 9.30. The van der Waals surface area contributed by atoms with E-state index in [0.717, 1.165) is 28.6 Å². The lowest BCUT2D eigenvalue weighted by molar-refractivity contribution is -0.116. The van der Waals surface area contributed by atoms with Gasteiger partial charge in [0.05, 0.1) is 5.52 Å². The molecule has 134 valence electrons. The van der Waals surface area contributed by atoms with Crippen LogP contribution in [0, 0.1) is 5.92 Å². The van der Waals surface area contributed by atoms with Gasteiger partial charge in [-0.2, -0.15) is 0 Å². The summed E-state index contributed by atoms with van der Waals surface area (Å²) in [6, 6.07) is 7.43. The predicted octanol–water partition coefficient (Wildman–Crippen LogP) is 4.73. The third-order valence-electron chi connectivity index (χ3n) is 5.19. The summed E-state index contributed by atoms with van der Waals surface area (Å²) in [5.74, 6) is 0.772. The van der Waals surface area contributed by atoms with Crippen LogP contribution >= 0.6 is 0 Å². The van der Waals surface area contributed by atoms with E-state index in [9.17, 15) is 9.59 Å². The number of H-pyrrole nitrogens is 1. The first kappa shape index (κ1) is 17.7.